The molecule has 3 N–H and O–H groups in total. The smallest absolute Gasteiger partial charge is 0.137 e. The van der Waals surface area contributed by atoms with Crippen LogP contribution in [-0.4, -0.2) is 11.7 Å². The van der Waals surface area contributed by atoms with Crippen LogP contribution in [0.4, 0.5) is 4.39 Å². The zero-order valence-corrected chi connectivity index (χ0v) is 13.3. The number of halogens is 2. The molecule has 2 nitrogen and oxygen atoms in total. The monoisotopic (exact) mass is 343 g/mol. The topological polar surface area (TPSA) is 46.2 Å². The van der Waals surface area contributed by atoms with Gasteiger partial charge in [0.1, 0.15) is 5.82 Å². The van der Waals surface area contributed by atoms with E-state index >= 15 is 0 Å². The van der Waals surface area contributed by atoms with Gasteiger partial charge in [0.2, 0.25) is 0 Å². The highest BCUT2D eigenvalue weighted by molar-refractivity contribution is 9.10. The van der Waals surface area contributed by atoms with Crippen LogP contribution in [0, 0.1) is 11.2 Å². The van der Waals surface area contributed by atoms with Crippen LogP contribution in [-0.2, 0) is 0 Å². The van der Waals surface area contributed by atoms with E-state index in [1.54, 1.807) is 12.1 Å². The molecule has 1 aliphatic rings. The molecule has 0 heterocycles. The fourth-order valence-electron chi connectivity index (χ4n) is 3.23. The lowest BCUT2D eigenvalue weighted by Crippen LogP contribution is -2.37. The van der Waals surface area contributed by atoms with Gasteiger partial charge in [-0.3, -0.25) is 0 Å². The number of rotatable bonds is 3. The molecule has 0 bridgehead atoms. The Kier molecular flexibility index (Phi) is 5.58. The van der Waals surface area contributed by atoms with Crippen LogP contribution < -0.4 is 5.73 Å². The molecule has 1 saturated carbocycles. The average molecular weight is 344 g/mol. The van der Waals surface area contributed by atoms with Gasteiger partial charge < -0.3 is 10.8 Å². The maximum atomic E-state index is 13.3. The molecule has 1 fully saturated rings. The van der Waals surface area contributed by atoms with E-state index in [-0.39, 0.29) is 11.2 Å². The summed E-state index contributed by atoms with van der Waals surface area (Å²) < 4.78 is 13.7. The van der Waals surface area contributed by atoms with Gasteiger partial charge in [-0.15, -0.1) is 0 Å². The third-order valence-electron chi connectivity index (χ3n) is 4.60. The quantitative estimate of drug-likeness (QED) is 0.858. The molecule has 0 aromatic heterocycles. The Morgan fingerprint density at radius 2 is 1.80 bits per heavy atom. The lowest BCUT2D eigenvalue weighted by Gasteiger charge is -2.39. The second-order valence-electron chi connectivity index (χ2n) is 5.91. The normalized spacial score (nSPS) is 21.0. The largest absolute Gasteiger partial charge is 0.388 e. The van der Waals surface area contributed by atoms with Crippen molar-refractivity contribution in [3.63, 3.8) is 0 Å². The first kappa shape index (κ1) is 15.9. The van der Waals surface area contributed by atoms with Gasteiger partial charge in [-0.05, 0) is 46.5 Å². The summed E-state index contributed by atoms with van der Waals surface area (Å²) in [7, 11) is 0. The van der Waals surface area contributed by atoms with E-state index in [1.807, 2.05) is 0 Å². The van der Waals surface area contributed by atoms with Gasteiger partial charge >= 0.3 is 0 Å². The van der Waals surface area contributed by atoms with E-state index in [4.69, 9.17) is 5.73 Å². The van der Waals surface area contributed by atoms with Crippen LogP contribution in [0.15, 0.2) is 22.7 Å². The Morgan fingerprint density at radius 1 is 1.20 bits per heavy atom. The number of benzene rings is 1. The van der Waals surface area contributed by atoms with Crippen LogP contribution in [0.1, 0.15) is 56.6 Å². The molecular formula is C16H23BrFNO. The molecule has 4 heteroatoms. The highest BCUT2D eigenvalue weighted by atomic mass is 79.9. The van der Waals surface area contributed by atoms with Crippen LogP contribution in [0.2, 0.25) is 0 Å². The summed E-state index contributed by atoms with van der Waals surface area (Å²) in [6.07, 6.45) is 7.18. The Hall–Kier alpha value is -0.450. The van der Waals surface area contributed by atoms with Crippen molar-refractivity contribution in [2.75, 3.05) is 6.54 Å². The molecule has 1 aromatic carbocycles. The Bertz CT molecular complexity index is 444. The summed E-state index contributed by atoms with van der Waals surface area (Å²) in [6, 6.07) is 4.74. The summed E-state index contributed by atoms with van der Waals surface area (Å²) in [6.45, 7) is 0.475. The zero-order chi connectivity index (χ0) is 14.6. The number of aliphatic hydroxyl groups excluding tert-OH is 1. The van der Waals surface area contributed by atoms with Crippen LogP contribution in [0.5, 0.6) is 0 Å². The van der Waals surface area contributed by atoms with Crippen molar-refractivity contribution in [1.82, 2.24) is 0 Å². The van der Waals surface area contributed by atoms with Crippen LogP contribution in [0.3, 0.4) is 0 Å². The first-order valence-electron chi connectivity index (χ1n) is 7.42. The highest BCUT2D eigenvalue weighted by Gasteiger charge is 2.37. The predicted octanol–water partition coefficient (Wildman–Crippen LogP) is 4.31. The summed E-state index contributed by atoms with van der Waals surface area (Å²) in [5.41, 5.74) is 6.51. The number of aliphatic hydroxyl groups is 1. The fraction of sp³-hybridized carbons (Fsp3) is 0.625. The molecule has 0 saturated heterocycles. The van der Waals surface area contributed by atoms with E-state index in [2.05, 4.69) is 15.9 Å². The van der Waals surface area contributed by atoms with Gasteiger partial charge in [-0.2, -0.15) is 0 Å². The lowest BCUT2D eigenvalue weighted by atomic mass is 9.70. The molecule has 0 spiro atoms. The second-order valence-corrected chi connectivity index (χ2v) is 6.76. The average Bonchev–Trinajstić information content (AvgIpc) is 2.42. The van der Waals surface area contributed by atoms with E-state index in [0.717, 1.165) is 31.2 Å². The molecule has 0 amide bonds. The summed E-state index contributed by atoms with van der Waals surface area (Å²) in [5, 5.41) is 10.8. The minimum Gasteiger partial charge on any atom is -0.388 e. The maximum Gasteiger partial charge on any atom is 0.137 e. The van der Waals surface area contributed by atoms with Gasteiger partial charge in [-0.25, -0.2) is 4.39 Å². The fourth-order valence-corrected chi connectivity index (χ4v) is 3.63. The Balaban J connectivity index is 2.25. The lowest BCUT2D eigenvalue weighted by molar-refractivity contribution is 0.00840. The summed E-state index contributed by atoms with van der Waals surface area (Å²) in [5.74, 6) is -0.305. The molecular weight excluding hydrogens is 321 g/mol. The van der Waals surface area contributed by atoms with E-state index in [9.17, 15) is 9.50 Å². The first-order valence-corrected chi connectivity index (χ1v) is 8.21. The summed E-state index contributed by atoms with van der Waals surface area (Å²) >= 11 is 3.19. The van der Waals surface area contributed by atoms with Crippen LogP contribution in [0.25, 0.3) is 0 Å². The second kappa shape index (κ2) is 7.01. The van der Waals surface area contributed by atoms with Gasteiger partial charge in [0.15, 0.2) is 0 Å². The zero-order valence-electron chi connectivity index (χ0n) is 11.7. The molecule has 20 heavy (non-hydrogen) atoms. The molecule has 1 aromatic rings. The number of hydrogen-bond donors (Lipinski definition) is 2. The summed E-state index contributed by atoms with van der Waals surface area (Å²) in [4.78, 5) is 0. The van der Waals surface area contributed by atoms with Crippen molar-refractivity contribution in [3.05, 3.63) is 34.1 Å². The molecule has 0 aliphatic heterocycles. The minimum absolute atomic E-state index is 0.266. The number of hydrogen-bond acceptors (Lipinski definition) is 2. The number of nitrogens with two attached hydrogens (primary N) is 1. The van der Waals surface area contributed by atoms with Gasteiger partial charge in [0, 0.05) is 12.0 Å². The van der Waals surface area contributed by atoms with Crippen LogP contribution >= 0.6 is 15.9 Å². The first-order chi connectivity index (χ1) is 9.59. The third-order valence-corrected chi connectivity index (χ3v) is 5.20. The van der Waals surface area contributed by atoms with Crippen molar-refractivity contribution in [2.45, 2.75) is 51.0 Å². The van der Waals surface area contributed by atoms with Gasteiger partial charge in [0.05, 0.1) is 10.6 Å². The van der Waals surface area contributed by atoms with E-state index in [0.29, 0.717) is 11.0 Å². The molecule has 112 valence electrons. The molecule has 1 atom stereocenters. The molecule has 1 aliphatic carbocycles. The van der Waals surface area contributed by atoms with Crippen molar-refractivity contribution in [2.24, 2.45) is 11.1 Å². The SMILES string of the molecule is NCC1(C(O)c2ccc(F)c(Br)c2)CCCCCCC1. The minimum atomic E-state index is -0.623. The molecule has 2 rings (SSSR count). The highest BCUT2D eigenvalue weighted by Crippen LogP contribution is 2.44. The Labute approximate surface area is 128 Å². The standard InChI is InChI=1S/C16H23BrFNO/c17-13-10-12(6-7-14(13)18)15(20)16(11-19)8-4-2-1-3-5-9-16/h6-7,10,15,20H,1-5,8-9,11,19H2. The molecule has 1 unspecified atom stereocenters. The predicted molar refractivity (Wildman–Crippen MR) is 82.9 cm³/mol. The van der Waals surface area contributed by atoms with E-state index < -0.39 is 6.10 Å². The van der Waals surface area contributed by atoms with Crippen molar-refractivity contribution in [3.8, 4) is 0 Å². The molecule has 0 radical (unpaired) electrons. The van der Waals surface area contributed by atoms with Crippen molar-refractivity contribution >= 4 is 15.9 Å². The van der Waals surface area contributed by atoms with Crippen molar-refractivity contribution in [1.29, 1.82) is 0 Å². The van der Waals surface area contributed by atoms with Gasteiger partial charge in [-0.1, -0.05) is 38.2 Å². The van der Waals surface area contributed by atoms with E-state index in [1.165, 1.54) is 25.3 Å². The maximum absolute atomic E-state index is 13.3. The Morgan fingerprint density at radius 3 is 2.35 bits per heavy atom. The van der Waals surface area contributed by atoms with Gasteiger partial charge in [0.25, 0.3) is 0 Å². The third kappa shape index (κ3) is 3.41. The van der Waals surface area contributed by atoms with Crippen molar-refractivity contribution < 1.29 is 9.50 Å².